The van der Waals surface area contributed by atoms with Gasteiger partial charge in [0.05, 0.1) is 6.04 Å². The van der Waals surface area contributed by atoms with Crippen molar-refractivity contribution in [1.82, 2.24) is 20.0 Å². The largest absolute Gasteiger partial charge is 0.458 e. The molecular weight excluding hydrogens is 508 g/mol. The van der Waals surface area contributed by atoms with Crippen LogP contribution in [0.3, 0.4) is 0 Å². The van der Waals surface area contributed by atoms with Gasteiger partial charge in [0.1, 0.15) is 18.2 Å². The van der Waals surface area contributed by atoms with Gasteiger partial charge in [0, 0.05) is 33.1 Å². The Morgan fingerprint density at radius 3 is 1.80 bits per heavy atom. The molecule has 0 bridgehead atoms. The quantitative estimate of drug-likeness (QED) is 0.223. The minimum absolute atomic E-state index is 0.143. The first kappa shape index (κ1) is 37.6. The van der Waals surface area contributed by atoms with Crippen molar-refractivity contribution >= 4 is 23.7 Å². The number of hydrogen-bond acceptors (Lipinski definition) is 6. The molecule has 0 aromatic heterocycles. The van der Waals surface area contributed by atoms with Crippen LogP contribution >= 0.6 is 0 Å². The van der Waals surface area contributed by atoms with Gasteiger partial charge >= 0.3 is 5.97 Å². The number of nitrogens with zero attached hydrogens (tertiary/aromatic N) is 3. The molecule has 5 atom stereocenters. The van der Waals surface area contributed by atoms with Crippen molar-refractivity contribution in [3.63, 3.8) is 0 Å². The van der Waals surface area contributed by atoms with Crippen molar-refractivity contribution in [2.45, 2.75) is 125 Å². The smallest absolute Gasteiger partial charge is 0.329 e. The van der Waals surface area contributed by atoms with Gasteiger partial charge in [0.25, 0.3) is 0 Å². The van der Waals surface area contributed by atoms with Gasteiger partial charge in [-0.1, -0.05) is 46.8 Å². The molecule has 40 heavy (non-hydrogen) atoms. The van der Waals surface area contributed by atoms with Crippen LogP contribution in [0, 0.1) is 17.8 Å². The molecular formula is C31H58N4O5. The van der Waals surface area contributed by atoms with Crippen molar-refractivity contribution in [3.8, 4) is 0 Å². The van der Waals surface area contributed by atoms with Crippen LogP contribution in [0.4, 0.5) is 0 Å². The lowest BCUT2D eigenvalue weighted by Crippen LogP contribution is -2.59. The lowest BCUT2D eigenvalue weighted by Gasteiger charge is -2.40. The van der Waals surface area contributed by atoms with Gasteiger partial charge < -0.3 is 19.9 Å². The summed E-state index contributed by atoms with van der Waals surface area (Å²) in [5, 5.41) is 2.88. The van der Waals surface area contributed by atoms with Gasteiger partial charge in [-0.05, 0) is 72.3 Å². The topological polar surface area (TPSA) is 99.3 Å². The normalized spacial score (nSPS) is 15.9. The Bertz CT molecular complexity index is 855. The van der Waals surface area contributed by atoms with E-state index in [1.54, 1.807) is 14.1 Å². The van der Waals surface area contributed by atoms with Gasteiger partial charge in [0.2, 0.25) is 17.7 Å². The highest BCUT2D eigenvalue weighted by Gasteiger charge is 2.43. The minimum Gasteiger partial charge on any atom is -0.458 e. The number of ether oxygens (including phenoxy) is 1. The van der Waals surface area contributed by atoms with E-state index < -0.39 is 30.2 Å². The summed E-state index contributed by atoms with van der Waals surface area (Å²) in [6.07, 6.45) is 4.12. The van der Waals surface area contributed by atoms with Crippen LogP contribution in [0.1, 0.15) is 89.0 Å². The van der Waals surface area contributed by atoms with E-state index in [9.17, 15) is 19.2 Å². The number of carbonyl (C=O) groups is 4. The molecule has 0 heterocycles. The lowest BCUT2D eigenvalue weighted by atomic mass is 9.92. The van der Waals surface area contributed by atoms with E-state index in [-0.39, 0.29) is 47.6 Å². The number of likely N-dealkylation sites (N-methyl/N-ethyl adjacent to an activating group) is 3. The number of carbonyl (C=O) groups excluding carboxylic acids is 4. The van der Waals surface area contributed by atoms with E-state index in [4.69, 9.17) is 4.74 Å². The SMILES string of the molecule is C/C=C/C[C@@H](C)C(OC(=O)[C@H](C(C)C)N(C)C(=O)[C@H](CC(C)C)N(C)C(C)C)[C@@H](C(=O)NC(C)C)N(C)C(C)=O. The predicted molar refractivity (Wildman–Crippen MR) is 162 cm³/mol. The summed E-state index contributed by atoms with van der Waals surface area (Å²) in [7, 11) is 5.13. The molecule has 0 spiro atoms. The molecule has 9 heteroatoms. The number of nitrogens with one attached hydrogen (secondary N) is 1. The van der Waals surface area contributed by atoms with E-state index in [1.165, 1.54) is 16.7 Å². The summed E-state index contributed by atoms with van der Waals surface area (Å²) >= 11 is 0. The lowest BCUT2D eigenvalue weighted by molar-refractivity contribution is -0.170. The zero-order chi connectivity index (χ0) is 31.5. The summed E-state index contributed by atoms with van der Waals surface area (Å²) in [6, 6.07) is -2.31. The van der Waals surface area contributed by atoms with Crippen LogP contribution in [-0.4, -0.2) is 95.8 Å². The molecule has 0 fully saturated rings. The zero-order valence-corrected chi connectivity index (χ0v) is 27.6. The second-order valence-electron chi connectivity index (χ2n) is 12.5. The predicted octanol–water partition coefficient (Wildman–Crippen LogP) is 4.11. The maximum absolute atomic E-state index is 13.9. The molecule has 0 saturated carbocycles. The molecule has 0 aromatic rings. The van der Waals surface area contributed by atoms with Crippen LogP contribution in [0.25, 0.3) is 0 Å². The average Bonchev–Trinajstić information content (AvgIpc) is 2.83. The van der Waals surface area contributed by atoms with E-state index in [2.05, 4.69) is 19.2 Å². The fraction of sp³-hybridized carbons (Fsp3) is 0.806. The van der Waals surface area contributed by atoms with Crippen LogP contribution in [0.15, 0.2) is 12.2 Å². The second-order valence-corrected chi connectivity index (χ2v) is 12.5. The van der Waals surface area contributed by atoms with Gasteiger partial charge in [0.15, 0.2) is 0 Å². The first-order valence-corrected chi connectivity index (χ1v) is 14.7. The van der Waals surface area contributed by atoms with Crippen molar-refractivity contribution in [1.29, 1.82) is 0 Å². The summed E-state index contributed by atoms with van der Waals surface area (Å²) < 4.78 is 6.17. The molecule has 232 valence electrons. The number of hydrogen-bond donors (Lipinski definition) is 1. The molecule has 0 aliphatic rings. The van der Waals surface area contributed by atoms with Crippen molar-refractivity contribution in [2.24, 2.45) is 17.8 Å². The van der Waals surface area contributed by atoms with Crippen molar-refractivity contribution < 1.29 is 23.9 Å². The highest BCUT2D eigenvalue weighted by molar-refractivity contribution is 5.89. The van der Waals surface area contributed by atoms with E-state index in [0.717, 1.165) is 0 Å². The third-order valence-electron chi connectivity index (χ3n) is 7.41. The maximum atomic E-state index is 13.9. The summed E-state index contributed by atoms with van der Waals surface area (Å²) in [6.45, 7) is 20.8. The molecule has 0 aromatic carbocycles. The molecule has 0 aliphatic carbocycles. The minimum atomic E-state index is -1.03. The highest BCUT2D eigenvalue weighted by atomic mass is 16.5. The van der Waals surface area contributed by atoms with Crippen LogP contribution in [0.2, 0.25) is 0 Å². The molecule has 0 aliphatic heterocycles. The van der Waals surface area contributed by atoms with Gasteiger partial charge in [-0.2, -0.15) is 0 Å². The summed E-state index contributed by atoms with van der Waals surface area (Å²) in [4.78, 5) is 58.5. The molecule has 0 radical (unpaired) electrons. The third kappa shape index (κ3) is 11.2. The first-order valence-electron chi connectivity index (χ1n) is 14.7. The molecule has 3 amide bonds. The van der Waals surface area contributed by atoms with E-state index >= 15 is 0 Å². The highest BCUT2D eigenvalue weighted by Crippen LogP contribution is 2.25. The van der Waals surface area contributed by atoms with Gasteiger partial charge in [-0.3, -0.25) is 19.3 Å². The Kier molecular flexibility index (Phi) is 16.4. The Labute approximate surface area is 244 Å². The standard InChI is InChI=1S/C31H58N4O5/c1-15-16-17-23(10)28(27(34(13)24(11)36)29(37)32-21(6)7)40-31(39)26(20(4)5)35(14)30(38)25(18-19(2)3)33(12)22(8)9/h15-16,19-23,25-28H,17-18H2,1-14H3,(H,32,37)/b16-15+/t23-,25+,26+,27+,28?/m1/s1. The average molecular weight is 567 g/mol. The molecule has 1 N–H and O–H groups in total. The van der Waals surface area contributed by atoms with Crippen LogP contribution < -0.4 is 5.32 Å². The number of allylic oxidation sites excluding steroid dienone is 2. The number of amides is 3. The summed E-state index contributed by atoms with van der Waals surface area (Å²) in [5.41, 5.74) is 0. The molecule has 0 saturated heterocycles. The number of esters is 1. The zero-order valence-electron chi connectivity index (χ0n) is 27.6. The maximum Gasteiger partial charge on any atom is 0.329 e. The Balaban J connectivity index is 6.56. The summed E-state index contributed by atoms with van der Waals surface area (Å²) in [5.74, 6) is -1.67. The van der Waals surface area contributed by atoms with Gasteiger partial charge in [-0.15, -0.1) is 0 Å². The van der Waals surface area contributed by atoms with Crippen molar-refractivity contribution in [2.75, 3.05) is 21.1 Å². The fourth-order valence-electron chi connectivity index (χ4n) is 4.79. The Hall–Kier alpha value is -2.42. The monoisotopic (exact) mass is 566 g/mol. The Morgan fingerprint density at radius 1 is 0.850 bits per heavy atom. The Morgan fingerprint density at radius 2 is 1.40 bits per heavy atom. The second kappa shape index (κ2) is 17.4. The third-order valence-corrected chi connectivity index (χ3v) is 7.41. The van der Waals surface area contributed by atoms with Crippen LogP contribution in [-0.2, 0) is 23.9 Å². The van der Waals surface area contributed by atoms with E-state index in [1.807, 2.05) is 79.5 Å². The molecule has 0 rings (SSSR count). The number of rotatable bonds is 16. The van der Waals surface area contributed by atoms with Crippen molar-refractivity contribution in [3.05, 3.63) is 12.2 Å². The molecule has 9 nitrogen and oxygen atoms in total. The van der Waals surface area contributed by atoms with E-state index in [0.29, 0.717) is 12.8 Å². The van der Waals surface area contributed by atoms with Crippen LogP contribution in [0.5, 0.6) is 0 Å². The first-order chi connectivity index (χ1) is 18.4. The fourth-order valence-corrected chi connectivity index (χ4v) is 4.79. The van der Waals surface area contributed by atoms with Gasteiger partial charge in [-0.25, -0.2) is 4.79 Å². The molecule has 1 unspecified atom stereocenters.